The summed E-state index contributed by atoms with van der Waals surface area (Å²) in [6.45, 7) is 3.86. The Balaban J connectivity index is 1.34. The standard InChI is InChI=1S/C26H31F3N2O/c27-26(28,29)17-25(10-2-1-3-11-25)18-30-12-5-13-31(15-14-30)22-9-8-19-16-23(32)21-7-4-6-20(22)24(19)21/h4,6-9H,1-3,5,10-18H2. The maximum absolute atomic E-state index is 13.4. The highest BCUT2D eigenvalue weighted by Crippen LogP contribution is 2.45. The van der Waals surface area contributed by atoms with Gasteiger partial charge in [-0.25, -0.2) is 0 Å². The number of hydrogen-bond acceptors (Lipinski definition) is 3. The van der Waals surface area contributed by atoms with Crippen LogP contribution in [0.4, 0.5) is 18.9 Å². The predicted octanol–water partition coefficient (Wildman–Crippen LogP) is 5.99. The Kier molecular flexibility index (Phi) is 5.68. The molecule has 1 saturated carbocycles. The van der Waals surface area contributed by atoms with Gasteiger partial charge in [0.25, 0.3) is 0 Å². The maximum atomic E-state index is 13.4. The van der Waals surface area contributed by atoms with E-state index in [1.165, 1.54) is 0 Å². The minimum Gasteiger partial charge on any atom is -0.370 e. The number of hydrogen-bond donors (Lipinski definition) is 0. The highest BCUT2D eigenvalue weighted by atomic mass is 19.4. The third kappa shape index (κ3) is 4.26. The lowest BCUT2D eigenvalue weighted by Crippen LogP contribution is -2.43. The van der Waals surface area contributed by atoms with Crippen molar-refractivity contribution in [2.24, 2.45) is 5.41 Å². The summed E-state index contributed by atoms with van der Waals surface area (Å²) in [5.74, 6) is 0.187. The second kappa shape index (κ2) is 8.36. The van der Waals surface area contributed by atoms with Gasteiger partial charge in [0.05, 0.1) is 6.42 Å². The average molecular weight is 445 g/mol. The number of benzene rings is 2. The van der Waals surface area contributed by atoms with Crippen LogP contribution in [0.15, 0.2) is 30.3 Å². The molecule has 2 aromatic rings. The van der Waals surface area contributed by atoms with E-state index in [4.69, 9.17) is 0 Å². The van der Waals surface area contributed by atoms with E-state index in [0.717, 1.165) is 79.4 Å². The Bertz CT molecular complexity index is 1010. The van der Waals surface area contributed by atoms with Crippen LogP contribution < -0.4 is 4.90 Å². The number of rotatable bonds is 4. The van der Waals surface area contributed by atoms with Gasteiger partial charge in [0.2, 0.25) is 0 Å². The van der Waals surface area contributed by atoms with Crippen LogP contribution in [0.5, 0.6) is 0 Å². The summed E-state index contributed by atoms with van der Waals surface area (Å²) < 4.78 is 40.2. The third-order valence-electron chi connectivity index (χ3n) is 7.73. The molecule has 32 heavy (non-hydrogen) atoms. The first kappa shape index (κ1) is 21.7. The van der Waals surface area contributed by atoms with Crippen molar-refractivity contribution in [2.75, 3.05) is 37.6 Å². The lowest BCUT2D eigenvalue weighted by atomic mass is 9.71. The van der Waals surface area contributed by atoms with E-state index in [9.17, 15) is 18.0 Å². The van der Waals surface area contributed by atoms with E-state index in [2.05, 4.69) is 28.0 Å². The molecule has 0 N–H and O–H groups in total. The van der Waals surface area contributed by atoms with Gasteiger partial charge in [-0.15, -0.1) is 0 Å². The fourth-order valence-corrected chi connectivity index (χ4v) is 6.35. The van der Waals surface area contributed by atoms with Gasteiger partial charge in [-0.3, -0.25) is 4.79 Å². The van der Waals surface area contributed by atoms with Crippen LogP contribution in [-0.4, -0.2) is 49.6 Å². The number of carbonyl (C=O) groups is 1. The van der Waals surface area contributed by atoms with Gasteiger partial charge < -0.3 is 9.80 Å². The molecule has 2 aliphatic carbocycles. The minimum absolute atomic E-state index is 0.187. The summed E-state index contributed by atoms with van der Waals surface area (Å²) in [5.41, 5.74) is 2.45. The van der Waals surface area contributed by atoms with Gasteiger partial charge in [-0.2, -0.15) is 13.2 Å². The van der Waals surface area contributed by atoms with Crippen molar-refractivity contribution in [3.63, 3.8) is 0 Å². The fourth-order valence-electron chi connectivity index (χ4n) is 6.35. The van der Waals surface area contributed by atoms with Crippen molar-refractivity contribution in [1.29, 1.82) is 0 Å². The van der Waals surface area contributed by atoms with Gasteiger partial charge in [-0.1, -0.05) is 43.5 Å². The summed E-state index contributed by atoms with van der Waals surface area (Å²) in [6, 6.07) is 10.2. The van der Waals surface area contributed by atoms with Crippen LogP contribution in [0.3, 0.4) is 0 Å². The molecule has 3 nitrogen and oxygen atoms in total. The summed E-state index contributed by atoms with van der Waals surface area (Å²) in [6.07, 6.45) is 0.923. The zero-order valence-electron chi connectivity index (χ0n) is 18.5. The van der Waals surface area contributed by atoms with E-state index in [1.807, 2.05) is 12.1 Å². The van der Waals surface area contributed by atoms with Crippen LogP contribution in [0.25, 0.3) is 10.8 Å². The molecule has 3 aliphatic rings. The first-order valence-electron chi connectivity index (χ1n) is 12.0. The van der Waals surface area contributed by atoms with E-state index in [-0.39, 0.29) is 5.78 Å². The molecular formula is C26H31F3N2O. The second-order valence-electron chi connectivity index (χ2n) is 10.0. The van der Waals surface area contributed by atoms with Crippen LogP contribution in [-0.2, 0) is 6.42 Å². The van der Waals surface area contributed by atoms with Crippen molar-refractivity contribution in [3.8, 4) is 0 Å². The minimum atomic E-state index is -4.10. The summed E-state index contributed by atoms with van der Waals surface area (Å²) in [4.78, 5) is 17.0. The molecule has 0 atom stereocenters. The first-order chi connectivity index (χ1) is 15.3. The van der Waals surface area contributed by atoms with Crippen LogP contribution in [0, 0.1) is 5.41 Å². The van der Waals surface area contributed by atoms with Gasteiger partial charge in [0.1, 0.15) is 0 Å². The number of ketones is 1. The van der Waals surface area contributed by atoms with Crippen LogP contribution in [0.2, 0.25) is 0 Å². The Morgan fingerprint density at radius 3 is 2.50 bits per heavy atom. The van der Waals surface area contributed by atoms with Crippen molar-refractivity contribution in [2.45, 2.75) is 57.5 Å². The number of halogens is 3. The van der Waals surface area contributed by atoms with Crippen molar-refractivity contribution >= 4 is 22.2 Å². The Labute approximate surface area is 187 Å². The van der Waals surface area contributed by atoms with Crippen molar-refractivity contribution in [3.05, 3.63) is 41.5 Å². The molecule has 2 fully saturated rings. The van der Waals surface area contributed by atoms with Crippen LogP contribution in [0.1, 0.15) is 60.9 Å². The lowest BCUT2D eigenvalue weighted by Gasteiger charge is -2.41. The van der Waals surface area contributed by atoms with Crippen LogP contribution >= 0.6 is 0 Å². The average Bonchev–Trinajstić information content (AvgIpc) is 2.92. The molecule has 6 heteroatoms. The second-order valence-corrected chi connectivity index (χ2v) is 10.0. The van der Waals surface area contributed by atoms with Gasteiger partial charge in [0.15, 0.2) is 5.78 Å². The summed E-state index contributed by atoms with van der Waals surface area (Å²) in [7, 11) is 0. The lowest BCUT2D eigenvalue weighted by molar-refractivity contribution is -0.165. The Morgan fingerprint density at radius 1 is 0.906 bits per heavy atom. The monoisotopic (exact) mass is 444 g/mol. The van der Waals surface area contributed by atoms with E-state index < -0.39 is 18.0 Å². The SMILES string of the molecule is O=C1Cc2ccc(N3CCCN(CC4(CC(F)(F)F)CCCCC4)CC3)c3cccc1c23. The number of carbonyl (C=O) groups excluding carboxylic acids is 1. The van der Waals surface area contributed by atoms with Gasteiger partial charge >= 0.3 is 6.18 Å². The molecular weight excluding hydrogens is 413 g/mol. The molecule has 1 heterocycles. The molecule has 0 amide bonds. The summed E-state index contributed by atoms with van der Waals surface area (Å²) >= 11 is 0. The molecule has 0 bridgehead atoms. The maximum Gasteiger partial charge on any atom is 0.389 e. The van der Waals surface area contributed by atoms with Gasteiger partial charge in [0, 0.05) is 49.2 Å². The quantitative estimate of drug-likeness (QED) is 0.578. The fraction of sp³-hybridized carbons (Fsp3) is 0.577. The molecule has 5 rings (SSSR count). The van der Waals surface area contributed by atoms with Gasteiger partial charge in [-0.05, 0) is 48.2 Å². The Hall–Kier alpha value is -2.08. The normalized spacial score (nSPS) is 21.8. The first-order valence-corrected chi connectivity index (χ1v) is 12.0. The third-order valence-corrected chi connectivity index (χ3v) is 7.73. The smallest absolute Gasteiger partial charge is 0.370 e. The topological polar surface area (TPSA) is 23.6 Å². The molecule has 0 aromatic heterocycles. The van der Waals surface area contributed by atoms with E-state index in [0.29, 0.717) is 25.8 Å². The number of alkyl halides is 3. The molecule has 172 valence electrons. The number of nitrogens with zero attached hydrogens (tertiary/aromatic N) is 2. The highest BCUT2D eigenvalue weighted by molar-refractivity contribution is 6.17. The molecule has 1 aliphatic heterocycles. The largest absolute Gasteiger partial charge is 0.389 e. The Morgan fingerprint density at radius 2 is 1.72 bits per heavy atom. The predicted molar refractivity (Wildman–Crippen MR) is 121 cm³/mol. The molecule has 0 unspecified atom stereocenters. The molecule has 2 aromatic carbocycles. The van der Waals surface area contributed by atoms with Crippen molar-refractivity contribution < 1.29 is 18.0 Å². The number of anilines is 1. The van der Waals surface area contributed by atoms with Crippen molar-refractivity contribution in [1.82, 2.24) is 4.90 Å². The summed E-state index contributed by atoms with van der Waals surface area (Å²) in [5, 5.41) is 2.21. The molecule has 0 radical (unpaired) electrons. The van der Waals surface area contributed by atoms with E-state index in [1.54, 1.807) is 0 Å². The zero-order valence-corrected chi connectivity index (χ0v) is 18.5. The highest BCUT2D eigenvalue weighted by Gasteiger charge is 2.44. The van der Waals surface area contributed by atoms with E-state index >= 15 is 0 Å². The number of Topliss-reactive ketones (excluding diaryl/α,β-unsaturated/α-hetero) is 1. The molecule has 0 spiro atoms. The zero-order chi connectivity index (χ0) is 22.3. The molecule has 1 saturated heterocycles.